The molecule has 1 unspecified atom stereocenters. The standard InChI is InChI=1S/C15H20FN3/c1-4-14-12(10-19(3)18-14)15(17-5-2)11-8-6-7-9-13(11)16/h6-10,15,17H,4-5H2,1-3H3. The topological polar surface area (TPSA) is 29.9 Å². The van der Waals surface area contributed by atoms with Crippen molar-refractivity contribution < 1.29 is 4.39 Å². The van der Waals surface area contributed by atoms with E-state index in [1.165, 1.54) is 6.07 Å². The zero-order valence-electron chi connectivity index (χ0n) is 11.7. The molecule has 0 saturated heterocycles. The van der Waals surface area contributed by atoms with Crippen LogP contribution in [0.3, 0.4) is 0 Å². The lowest BCUT2D eigenvalue weighted by atomic mass is 9.98. The first-order valence-corrected chi connectivity index (χ1v) is 6.67. The highest BCUT2D eigenvalue weighted by molar-refractivity contribution is 5.34. The van der Waals surface area contributed by atoms with Crippen LogP contribution in [0.2, 0.25) is 0 Å². The largest absolute Gasteiger partial charge is 0.306 e. The number of hydrogen-bond acceptors (Lipinski definition) is 2. The molecule has 4 heteroatoms. The van der Waals surface area contributed by atoms with Crippen molar-refractivity contribution in [2.75, 3.05) is 6.54 Å². The van der Waals surface area contributed by atoms with Crippen molar-refractivity contribution in [3.8, 4) is 0 Å². The zero-order valence-corrected chi connectivity index (χ0v) is 11.7. The maximum atomic E-state index is 14.0. The molecule has 1 aromatic carbocycles. The summed E-state index contributed by atoms with van der Waals surface area (Å²) in [6.07, 6.45) is 2.81. The summed E-state index contributed by atoms with van der Waals surface area (Å²) >= 11 is 0. The van der Waals surface area contributed by atoms with Gasteiger partial charge in [-0.3, -0.25) is 4.68 Å². The van der Waals surface area contributed by atoms with Crippen molar-refractivity contribution in [3.05, 3.63) is 53.1 Å². The fourth-order valence-corrected chi connectivity index (χ4v) is 2.37. The molecule has 0 radical (unpaired) electrons. The van der Waals surface area contributed by atoms with E-state index in [-0.39, 0.29) is 11.9 Å². The van der Waals surface area contributed by atoms with Gasteiger partial charge in [-0.05, 0) is 19.0 Å². The molecule has 1 heterocycles. The predicted octanol–water partition coefficient (Wildman–Crippen LogP) is 2.82. The molecule has 0 aliphatic carbocycles. The molecule has 0 fully saturated rings. The van der Waals surface area contributed by atoms with E-state index in [0.29, 0.717) is 5.56 Å². The minimum absolute atomic E-state index is 0.144. The van der Waals surface area contributed by atoms with Gasteiger partial charge < -0.3 is 5.32 Å². The summed E-state index contributed by atoms with van der Waals surface area (Å²) in [6.45, 7) is 4.86. The lowest BCUT2D eigenvalue weighted by Gasteiger charge is -2.19. The van der Waals surface area contributed by atoms with Crippen LogP contribution >= 0.6 is 0 Å². The third-order valence-corrected chi connectivity index (χ3v) is 3.21. The van der Waals surface area contributed by atoms with Gasteiger partial charge in [0.15, 0.2) is 0 Å². The zero-order chi connectivity index (χ0) is 13.8. The van der Waals surface area contributed by atoms with Crippen LogP contribution in [0, 0.1) is 5.82 Å². The molecule has 1 aromatic heterocycles. The van der Waals surface area contributed by atoms with Crippen LogP contribution < -0.4 is 5.32 Å². The molecule has 2 aromatic rings. The maximum Gasteiger partial charge on any atom is 0.128 e. The van der Waals surface area contributed by atoms with E-state index in [1.807, 2.05) is 32.3 Å². The summed E-state index contributed by atoms with van der Waals surface area (Å²) in [5.41, 5.74) is 2.74. The average molecular weight is 261 g/mol. The van der Waals surface area contributed by atoms with Gasteiger partial charge in [0.2, 0.25) is 0 Å². The van der Waals surface area contributed by atoms with E-state index in [9.17, 15) is 4.39 Å². The van der Waals surface area contributed by atoms with E-state index in [4.69, 9.17) is 0 Å². The summed E-state index contributed by atoms with van der Waals surface area (Å²) in [7, 11) is 1.90. The molecule has 1 N–H and O–H groups in total. The minimum atomic E-state index is -0.181. The molecule has 102 valence electrons. The Balaban J connectivity index is 2.48. The van der Waals surface area contributed by atoms with Crippen LogP contribution in [0.5, 0.6) is 0 Å². The van der Waals surface area contributed by atoms with E-state index in [1.54, 1.807) is 10.7 Å². The van der Waals surface area contributed by atoms with Gasteiger partial charge >= 0.3 is 0 Å². The van der Waals surface area contributed by atoms with Crippen LogP contribution in [0.1, 0.15) is 36.7 Å². The van der Waals surface area contributed by atoms with Crippen LogP contribution in [0.25, 0.3) is 0 Å². The highest BCUT2D eigenvalue weighted by Crippen LogP contribution is 2.26. The summed E-state index contributed by atoms with van der Waals surface area (Å²) in [5.74, 6) is -0.181. The number of aryl methyl sites for hydroxylation is 2. The summed E-state index contributed by atoms with van der Waals surface area (Å²) in [5, 5.41) is 7.79. The van der Waals surface area contributed by atoms with Crippen molar-refractivity contribution >= 4 is 0 Å². The van der Waals surface area contributed by atoms with Crippen LogP contribution in [-0.4, -0.2) is 16.3 Å². The Morgan fingerprint density at radius 3 is 2.63 bits per heavy atom. The summed E-state index contributed by atoms with van der Waals surface area (Å²) in [6, 6.07) is 6.77. The Hall–Kier alpha value is -1.68. The Morgan fingerprint density at radius 2 is 2.00 bits per heavy atom. The second kappa shape index (κ2) is 5.97. The first-order valence-electron chi connectivity index (χ1n) is 6.67. The molecule has 2 rings (SSSR count). The summed E-state index contributed by atoms with van der Waals surface area (Å²) < 4.78 is 15.8. The van der Waals surface area contributed by atoms with Gasteiger partial charge in [0.1, 0.15) is 5.82 Å². The van der Waals surface area contributed by atoms with Crippen molar-refractivity contribution in [2.45, 2.75) is 26.3 Å². The molecule has 0 aliphatic heterocycles. The Morgan fingerprint density at radius 1 is 1.26 bits per heavy atom. The molecular formula is C15H20FN3. The van der Waals surface area contributed by atoms with Gasteiger partial charge in [-0.2, -0.15) is 5.10 Å². The SMILES string of the molecule is CCNC(c1ccccc1F)c1cn(C)nc1CC. The third-order valence-electron chi connectivity index (χ3n) is 3.21. The molecule has 1 atom stereocenters. The lowest BCUT2D eigenvalue weighted by molar-refractivity contribution is 0.557. The predicted molar refractivity (Wildman–Crippen MR) is 74.5 cm³/mol. The Bertz CT molecular complexity index is 548. The van der Waals surface area contributed by atoms with Gasteiger partial charge in [-0.15, -0.1) is 0 Å². The molecule has 0 saturated carbocycles. The van der Waals surface area contributed by atoms with Gasteiger partial charge in [-0.1, -0.05) is 32.0 Å². The van der Waals surface area contributed by atoms with Crippen LogP contribution in [0.4, 0.5) is 4.39 Å². The normalized spacial score (nSPS) is 12.6. The number of halogens is 1. The molecule has 0 bridgehead atoms. The molecule has 19 heavy (non-hydrogen) atoms. The van der Waals surface area contributed by atoms with Crippen molar-refractivity contribution in [1.29, 1.82) is 0 Å². The van der Waals surface area contributed by atoms with E-state index >= 15 is 0 Å². The van der Waals surface area contributed by atoms with Crippen LogP contribution in [-0.2, 0) is 13.5 Å². The van der Waals surface area contributed by atoms with Gasteiger partial charge in [0.05, 0.1) is 11.7 Å². The summed E-state index contributed by atoms with van der Waals surface area (Å²) in [4.78, 5) is 0. The molecule has 0 aliphatic rings. The number of hydrogen-bond donors (Lipinski definition) is 1. The van der Waals surface area contributed by atoms with Gasteiger partial charge in [0.25, 0.3) is 0 Å². The highest BCUT2D eigenvalue weighted by atomic mass is 19.1. The third kappa shape index (κ3) is 2.84. The monoisotopic (exact) mass is 261 g/mol. The Labute approximate surface area is 113 Å². The van der Waals surface area contributed by atoms with E-state index < -0.39 is 0 Å². The fourth-order valence-electron chi connectivity index (χ4n) is 2.37. The highest BCUT2D eigenvalue weighted by Gasteiger charge is 2.21. The fraction of sp³-hybridized carbons (Fsp3) is 0.400. The first-order chi connectivity index (χ1) is 9.17. The lowest BCUT2D eigenvalue weighted by Crippen LogP contribution is -2.23. The smallest absolute Gasteiger partial charge is 0.128 e. The maximum absolute atomic E-state index is 14.0. The minimum Gasteiger partial charge on any atom is -0.306 e. The van der Waals surface area contributed by atoms with E-state index in [2.05, 4.69) is 17.3 Å². The molecule has 3 nitrogen and oxygen atoms in total. The quantitative estimate of drug-likeness (QED) is 0.897. The van der Waals surface area contributed by atoms with E-state index in [0.717, 1.165) is 24.2 Å². The average Bonchev–Trinajstić information content (AvgIpc) is 2.78. The second-order valence-corrected chi connectivity index (χ2v) is 4.57. The number of aromatic nitrogens is 2. The van der Waals surface area contributed by atoms with Crippen molar-refractivity contribution in [3.63, 3.8) is 0 Å². The van der Waals surface area contributed by atoms with Crippen molar-refractivity contribution in [2.24, 2.45) is 7.05 Å². The van der Waals surface area contributed by atoms with Crippen LogP contribution in [0.15, 0.2) is 30.5 Å². The van der Waals surface area contributed by atoms with Gasteiger partial charge in [0, 0.05) is 24.4 Å². The Kier molecular flexibility index (Phi) is 4.32. The molecular weight excluding hydrogens is 241 g/mol. The van der Waals surface area contributed by atoms with Crippen molar-refractivity contribution in [1.82, 2.24) is 15.1 Å². The number of nitrogens with one attached hydrogen (secondary N) is 1. The number of nitrogens with zero attached hydrogens (tertiary/aromatic N) is 2. The molecule has 0 amide bonds. The van der Waals surface area contributed by atoms with Gasteiger partial charge in [-0.25, -0.2) is 4.39 Å². The number of rotatable bonds is 5. The first kappa shape index (κ1) is 13.7. The molecule has 0 spiro atoms. The number of benzene rings is 1. The second-order valence-electron chi connectivity index (χ2n) is 4.57.